The van der Waals surface area contributed by atoms with Crippen LogP contribution in [-0.2, 0) is 6.54 Å². The number of furan rings is 1. The van der Waals surface area contributed by atoms with Crippen LogP contribution in [0.3, 0.4) is 0 Å². The number of benzene rings is 1. The summed E-state index contributed by atoms with van der Waals surface area (Å²) >= 11 is 0. The van der Waals surface area contributed by atoms with Crippen molar-refractivity contribution >= 4 is 10.9 Å². The Kier molecular flexibility index (Phi) is 4.41. The van der Waals surface area contributed by atoms with Gasteiger partial charge in [-0.3, -0.25) is 4.90 Å². The molecule has 4 rings (SSSR count). The molecule has 1 aromatic carbocycles. The molecule has 0 radical (unpaired) electrons. The van der Waals surface area contributed by atoms with Crippen molar-refractivity contribution < 1.29 is 4.42 Å². The Morgan fingerprint density at radius 3 is 2.83 bits per heavy atom. The number of nitrogens with zero attached hydrogens (tertiary/aromatic N) is 1. The van der Waals surface area contributed by atoms with E-state index >= 15 is 0 Å². The smallest absolute Gasteiger partial charge is 0.122 e. The molecule has 1 fully saturated rings. The maximum atomic E-state index is 5.93. The molecule has 1 aliphatic rings. The number of fused-ring (bicyclic) bond motifs is 1. The zero-order chi connectivity index (χ0) is 16.4. The van der Waals surface area contributed by atoms with E-state index in [0.29, 0.717) is 6.04 Å². The second kappa shape index (κ2) is 6.83. The molecule has 24 heavy (non-hydrogen) atoms. The van der Waals surface area contributed by atoms with Crippen molar-refractivity contribution in [2.45, 2.75) is 32.4 Å². The predicted molar refractivity (Wildman–Crippen MR) is 97.0 cm³/mol. The number of aromatic nitrogens is 1. The molecule has 4 heteroatoms. The summed E-state index contributed by atoms with van der Waals surface area (Å²) in [5.74, 6) is 2.08. The van der Waals surface area contributed by atoms with E-state index in [9.17, 15) is 0 Å². The Morgan fingerprint density at radius 1 is 1.17 bits per heavy atom. The Morgan fingerprint density at radius 2 is 2.04 bits per heavy atom. The first-order chi connectivity index (χ1) is 11.8. The van der Waals surface area contributed by atoms with Gasteiger partial charge in [0.1, 0.15) is 11.5 Å². The SMILES string of the molecule is Cc1ccc(C(CNCc2cccc3[nH]ccc23)N2CCCC2)o1. The molecule has 4 nitrogen and oxygen atoms in total. The summed E-state index contributed by atoms with van der Waals surface area (Å²) in [4.78, 5) is 5.83. The molecule has 0 saturated carbocycles. The van der Waals surface area contributed by atoms with Crippen molar-refractivity contribution in [1.82, 2.24) is 15.2 Å². The highest BCUT2D eigenvalue weighted by molar-refractivity contribution is 5.82. The van der Waals surface area contributed by atoms with Crippen LogP contribution in [0.25, 0.3) is 10.9 Å². The van der Waals surface area contributed by atoms with E-state index in [4.69, 9.17) is 4.42 Å². The van der Waals surface area contributed by atoms with E-state index in [2.05, 4.69) is 51.6 Å². The van der Waals surface area contributed by atoms with Crippen LogP contribution in [0.15, 0.2) is 47.0 Å². The van der Waals surface area contributed by atoms with E-state index in [1.807, 2.05) is 13.1 Å². The van der Waals surface area contributed by atoms with Gasteiger partial charge in [0, 0.05) is 30.2 Å². The molecule has 1 saturated heterocycles. The van der Waals surface area contributed by atoms with Crippen molar-refractivity contribution in [3.63, 3.8) is 0 Å². The first kappa shape index (κ1) is 15.5. The average Bonchev–Trinajstić information content (AvgIpc) is 3.33. The molecule has 0 spiro atoms. The van der Waals surface area contributed by atoms with Gasteiger partial charge in [0.25, 0.3) is 0 Å². The number of aromatic amines is 1. The number of hydrogen-bond donors (Lipinski definition) is 2. The van der Waals surface area contributed by atoms with E-state index in [-0.39, 0.29) is 0 Å². The van der Waals surface area contributed by atoms with Crippen molar-refractivity contribution in [1.29, 1.82) is 0 Å². The average molecular weight is 323 g/mol. The van der Waals surface area contributed by atoms with Gasteiger partial charge >= 0.3 is 0 Å². The minimum Gasteiger partial charge on any atom is -0.465 e. The standard InChI is InChI=1S/C20H25N3O/c1-15-7-8-20(24-15)19(23-11-2-3-12-23)14-21-13-16-5-4-6-18-17(16)9-10-22-18/h4-10,19,21-22H,2-3,11-14H2,1H3. The molecule has 1 atom stereocenters. The van der Waals surface area contributed by atoms with Crippen molar-refractivity contribution in [2.75, 3.05) is 19.6 Å². The van der Waals surface area contributed by atoms with Gasteiger partial charge < -0.3 is 14.7 Å². The monoisotopic (exact) mass is 323 g/mol. The van der Waals surface area contributed by atoms with Crippen LogP contribution in [0.4, 0.5) is 0 Å². The van der Waals surface area contributed by atoms with Crippen LogP contribution < -0.4 is 5.32 Å². The van der Waals surface area contributed by atoms with Crippen LogP contribution in [-0.4, -0.2) is 29.5 Å². The third kappa shape index (κ3) is 3.12. The minimum absolute atomic E-state index is 0.326. The molecule has 2 aromatic heterocycles. The first-order valence-corrected chi connectivity index (χ1v) is 8.87. The second-order valence-corrected chi connectivity index (χ2v) is 6.69. The van der Waals surface area contributed by atoms with Crippen LogP contribution in [0.5, 0.6) is 0 Å². The maximum Gasteiger partial charge on any atom is 0.122 e. The number of nitrogens with one attached hydrogen (secondary N) is 2. The molecule has 0 amide bonds. The Labute approximate surface area is 142 Å². The van der Waals surface area contributed by atoms with Crippen LogP contribution in [0.2, 0.25) is 0 Å². The van der Waals surface area contributed by atoms with E-state index < -0.39 is 0 Å². The fraction of sp³-hybridized carbons (Fsp3) is 0.400. The predicted octanol–water partition coefficient (Wildman–Crippen LogP) is 4.00. The van der Waals surface area contributed by atoms with Crippen LogP contribution in [0, 0.1) is 6.92 Å². The van der Waals surface area contributed by atoms with Crippen LogP contribution in [0.1, 0.15) is 36.0 Å². The highest BCUT2D eigenvalue weighted by Crippen LogP contribution is 2.26. The lowest BCUT2D eigenvalue weighted by molar-refractivity contribution is 0.207. The normalized spacial score (nSPS) is 16.9. The fourth-order valence-corrected chi connectivity index (χ4v) is 3.74. The summed E-state index contributed by atoms with van der Waals surface area (Å²) in [6.07, 6.45) is 4.59. The fourth-order valence-electron chi connectivity index (χ4n) is 3.74. The third-order valence-electron chi connectivity index (χ3n) is 5.01. The molecule has 0 bridgehead atoms. The number of hydrogen-bond acceptors (Lipinski definition) is 3. The first-order valence-electron chi connectivity index (χ1n) is 8.87. The van der Waals surface area contributed by atoms with Crippen LogP contribution >= 0.6 is 0 Å². The van der Waals surface area contributed by atoms with Gasteiger partial charge in [0.05, 0.1) is 6.04 Å². The van der Waals surface area contributed by atoms with Gasteiger partial charge in [-0.15, -0.1) is 0 Å². The molecule has 126 valence electrons. The highest BCUT2D eigenvalue weighted by atomic mass is 16.3. The Hall–Kier alpha value is -2.04. The summed E-state index contributed by atoms with van der Waals surface area (Å²) in [5, 5.41) is 4.96. The molecule has 3 heterocycles. The lowest BCUT2D eigenvalue weighted by Gasteiger charge is -2.26. The van der Waals surface area contributed by atoms with Gasteiger partial charge in [-0.1, -0.05) is 12.1 Å². The zero-order valence-corrected chi connectivity index (χ0v) is 14.2. The molecule has 2 N–H and O–H groups in total. The van der Waals surface area contributed by atoms with Crippen molar-refractivity contribution in [3.8, 4) is 0 Å². The minimum atomic E-state index is 0.326. The zero-order valence-electron chi connectivity index (χ0n) is 14.2. The Balaban J connectivity index is 1.46. The number of H-pyrrole nitrogens is 1. The lowest BCUT2D eigenvalue weighted by atomic mass is 10.1. The highest BCUT2D eigenvalue weighted by Gasteiger charge is 2.25. The second-order valence-electron chi connectivity index (χ2n) is 6.69. The number of likely N-dealkylation sites (tertiary alicyclic amines) is 1. The topological polar surface area (TPSA) is 44.2 Å². The molecule has 1 aliphatic heterocycles. The molecule has 1 unspecified atom stereocenters. The summed E-state index contributed by atoms with van der Waals surface area (Å²) < 4.78 is 5.93. The summed E-state index contributed by atoms with van der Waals surface area (Å²) in [7, 11) is 0. The third-order valence-corrected chi connectivity index (χ3v) is 5.01. The quantitative estimate of drug-likeness (QED) is 0.721. The van der Waals surface area contributed by atoms with Gasteiger partial charge in [-0.25, -0.2) is 0 Å². The largest absolute Gasteiger partial charge is 0.465 e. The number of aryl methyl sites for hydroxylation is 1. The molecule has 0 aliphatic carbocycles. The molecule has 3 aromatic rings. The maximum absolute atomic E-state index is 5.93. The van der Waals surface area contributed by atoms with Gasteiger partial charge in [-0.05, 0) is 62.7 Å². The van der Waals surface area contributed by atoms with E-state index in [1.54, 1.807) is 0 Å². The molecular formula is C20H25N3O. The lowest BCUT2D eigenvalue weighted by Crippen LogP contribution is -2.33. The molecular weight excluding hydrogens is 298 g/mol. The Bertz CT molecular complexity index is 798. The van der Waals surface area contributed by atoms with Crippen molar-refractivity contribution in [3.05, 3.63) is 59.7 Å². The van der Waals surface area contributed by atoms with E-state index in [0.717, 1.165) is 24.6 Å². The number of rotatable bonds is 6. The van der Waals surface area contributed by atoms with Gasteiger partial charge in [-0.2, -0.15) is 0 Å². The summed E-state index contributed by atoms with van der Waals surface area (Å²) in [6.45, 7) is 6.14. The summed E-state index contributed by atoms with van der Waals surface area (Å²) in [6, 6.07) is 13.1. The van der Waals surface area contributed by atoms with E-state index in [1.165, 1.54) is 42.4 Å². The van der Waals surface area contributed by atoms with Gasteiger partial charge in [0.15, 0.2) is 0 Å². The summed E-state index contributed by atoms with van der Waals surface area (Å²) in [5.41, 5.74) is 2.54. The van der Waals surface area contributed by atoms with Crippen molar-refractivity contribution in [2.24, 2.45) is 0 Å². The van der Waals surface area contributed by atoms with Gasteiger partial charge in [0.2, 0.25) is 0 Å².